The molecule has 0 aliphatic rings. The largest absolute Gasteiger partial charge is 0.396 e. The van der Waals surface area contributed by atoms with E-state index in [1.807, 2.05) is 0 Å². The van der Waals surface area contributed by atoms with E-state index in [1.165, 1.54) is 6.08 Å². The SMILES string of the molecule is [2H]C([2H])([2H])/C=C\CCCO. The molecular weight excluding hydrogens is 88.1 g/mol. The molecule has 0 saturated carbocycles. The summed E-state index contributed by atoms with van der Waals surface area (Å²) in [6, 6.07) is 0. The van der Waals surface area contributed by atoms with E-state index in [9.17, 15) is 0 Å². The average molecular weight is 103 g/mol. The van der Waals surface area contributed by atoms with E-state index >= 15 is 0 Å². The monoisotopic (exact) mass is 103 g/mol. The van der Waals surface area contributed by atoms with Gasteiger partial charge in [-0.3, -0.25) is 0 Å². The summed E-state index contributed by atoms with van der Waals surface area (Å²) in [4.78, 5) is 0. The predicted molar refractivity (Wildman–Crippen MR) is 31.1 cm³/mol. The van der Waals surface area contributed by atoms with Crippen molar-refractivity contribution in [2.45, 2.75) is 19.7 Å². The number of allylic oxidation sites excluding steroid dienone is 2. The van der Waals surface area contributed by atoms with Gasteiger partial charge in [-0.1, -0.05) is 12.2 Å². The minimum absolute atomic E-state index is 0.116. The first-order valence-corrected chi connectivity index (χ1v) is 2.35. The first kappa shape index (κ1) is 2.88. The highest BCUT2D eigenvalue weighted by Gasteiger charge is 1.74. The van der Waals surface area contributed by atoms with E-state index in [4.69, 9.17) is 9.22 Å². The molecule has 0 aliphatic carbocycles. The molecule has 0 saturated heterocycles. The number of rotatable bonds is 3. The molecule has 0 amide bonds. The quantitative estimate of drug-likeness (QED) is 0.422. The molecule has 0 aromatic rings. The van der Waals surface area contributed by atoms with E-state index in [-0.39, 0.29) is 6.61 Å². The molecule has 0 aliphatic heterocycles. The highest BCUT2D eigenvalue weighted by Crippen LogP contribution is 1.86. The van der Waals surface area contributed by atoms with Crippen molar-refractivity contribution in [2.75, 3.05) is 6.61 Å². The van der Waals surface area contributed by atoms with Crippen LogP contribution < -0.4 is 0 Å². The predicted octanol–water partition coefficient (Wildman–Crippen LogP) is 1.33. The summed E-state index contributed by atoms with van der Waals surface area (Å²) in [5.41, 5.74) is 0. The van der Waals surface area contributed by atoms with E-state index in [0.717, 1.165) is 0 Å². The van der Waals surface area contributed by atoms with Gasteiger partial charge in [0.2, 0.25) is 0 Å². The standard InChI is InChI=1S/C6H12O/c1-2-3-4-5-6-7/h2-3,7H,4-6H2,1H3/b3-2-/i1D3. The average Bonchev–Trinajstić information content (AvgIpc) is 1.78. The number of unbranched alkanes of at least 4 members (excludes halogenated alkanes) is 1. The molecule has 0 fully saturated rings. The van der Waals surface area contributed by atoms with E-state index in [2.05, 4.69) is 0 Å². The van der Waals surface area contributed by atoms with Gasteiger partial charge in [-0.15, -0.1) is 0 Å². The summed E-state index contributed by atoms with van der Waals surface area (Å²) < 4.78 is 20.3. The maximum absolute atomic E-state index is 8.32. The van der Waals surface area contributed by atoms with Gasteiger partial charge in [0, 0.05) is 10.7 Å². The Morgan fingerprint density at radius 3 is 3.29 bits per heavy atom. The Hall–Kier alpha value is -0.300. The van der Waals surface area contributed by atoms with E-state index in [1.54, 1.807) is 6.08 Å². The third-order valence-corrected chi connectivity index (χ3v) is 0.647. The fourth-order valence-electron chi connectivity index (χ4n) is 0.292. The molecule has 0 radical (unpaired) electrons. The Bertz CT molecular complexity index is 106. The van der Waals surface area contributed by atoms with Gasteiger partial charge in [-0.2, -0.15) is 0 Å². The Labute approximate surface area is 48.9 Å². The van der Waals surface area contributed by atoms with Crippen LogP contribution in [0.3, 0.4) is 0 Å². The van der Waals surface area contributed by atoms with Gasteiger partial charge >= 0.3 is 0 Å². The molecular formula is C6H12O. The second-order valence-electron chi connectivity index (χ2n) is 1.27. The van der Waals surface area contributed by atoms with Crippen molar-refractivity contribution in [3.8, 4) is 0 Å². The van der Waals surface area contributed by atoms with Gasteiger partial charge in [0.15, 0.2) is 0 Å². The lowest BCUT2D eigenvalue weighted by Crippen LogP contribution is -1.77. The highest BCUT2D eigenvalue weighted by molar-refractivity contribution is 4.75. The van der Waals surface area contributed by atoms with Crippen molar-refractivity contribution >= 4 is 0 Å². The minimum Gasteiger partial charge on any atom is -0.396 e. The summed E-state index contributed by atoms with van der Waals surface area (Å²) in [7, 11) is 0. The zero-order chi connectivity index (χ0) is 8.04. The van der Waals surface area contributed by atoms with Crippen LogP contribution in [0.5, 0.6) is 0 Å². The molecule has 1 nitrogen and oxygen atoms in total. The molecule has 0 heterocycles. The van der Waals surface area contributed by atoms with E-state index in [0.29, 0.717) is 12.8 Å². The highest BCUT2D eigenvalue weighted by atomic mass is 16.2. The third-order valence-electron chi connectivity index (χ3n) is 0.647. The smallest absolute Gasteiger partial charge is 0.0433 e. The van der Waals surface area contributed by atoms with Crippen LogP contribution in [0, 0.1) is 0 Å². The van der Waals surface area contributed by atoms with Crippen LogP contribution in [0.15, 0.2) is 12.2 Å². The zero-order valence-corrected chi connectivity index (χ0v) is 4.22. The van der Waals surface area contributed by atoms with Crippen LogP contribution >= 0.6 is 0 Å². The van der Waals surface area contributed by atoms with Crippen LogP contribution in [0.25, 0.3) is 0 Å². The number of aliphatic hydroxyl groups excluding tert-OH is 1. The number of aliphatic hydroxyl groups is 1. The lowest BCUT2D eigenvalue weighted by atomic mass is 10.3. The van der Waals surface area contributed by atoms with Gasteiger partial charge in [0.25, 0.3) is 0 Å². The van der Waals surface area contributed by atoms with Crippen LogP contribution in [0.2, 0.25) is 0 Å². The van der Waals surface area contributed by atoms with Crippen molar-refractivity contribution in [3.63, 3.8) is 0 Å². The normalized spacial score (nSPS) is 18.7. The topological polar surface area (TPSA) is 20.2 Å². The fraction of sp³-hybridized carbons (Fsp3) is 0.667. The van der Waals surface area contributed by atoms with Gasteiger partial charge in [-0.05, 0) is 19.7 Å². The first-order chi connectivity index (χ1) is 4.56. The molecule has 0 unspecified atom stereocenters. The lowest BCUT2D eigenvalue weighted by Gasteiger charge is -1.83. The maximum Gasteiger partial charge on any atom is 0.0433 e. The maximum atomic E-state index is 8.32. The van der Waals surface area contributed by atoms with Crippen molar-refractivity contribution in [2.24, 2.45) is 0 Å². The number of hydrogen-bond donors (Lipinski definition) is 1. The molecule has 0 rings (SSSR count). The molecule has 0 spiro atoms. The Morgan fingerprint density at radius 1 is 1.86 bits per heavy atom. The molecule has 42 valence electrons. The van der Waals surface area contributed by atoms with Gasteiger partial charge < -0.3 is 5.11 Å². The van der Waals surface area contributed by atoms with Crippen molar-refractivity contribution < 1.29 is 9.22 Å². The molecule has 1 N–H and O–H groups in total. The molecule has 0 aromatic heterocycles. The second-order valence-corrected chi connectivity index (χ2v) is 1.27. The summed E-state index contributed by atoms with van der Waals surface area (Å²) in [5, 5.41) is 8.32. The summed E-state index contributed by atoms with van der Waals surface area (Å²) >= 11 is 0. The van der Waals surface area contributed by atoms with Crippen LogP contribution in [0.1, 0.15) is 23.8 Å². The summed E-state index contributed by atoms with van der Waals surface area (Å²) in [6.45, 7) is -1.85. The summed E-state index contributed by atoms with van der Waals surface area (Å²) in [5.74, 6) is 0. The second kappa shape index (κ2) is 5.70. The van der Waals surface area contributed by atoms with E-state index < -0.39 is 6.85 Å². The van der Waals surface area contributed by atoms with Crippen LogP contribution in [0.4, 0.5) is 0 Å². The van der Waals surface area contributed by atoms with Gasteiger partial charge in [0.1, 0.15) is 0 Å². The van der Waals surface area contributed by atoms with Crippen LogP contribution in [-0.4, -0.2) is 11.7 Å². The molecule has 0 aromatic carbocycles. The Kier molecular flexibility index (Phi) is 2.34. The molecule has 0 bridgehead atoms. The minimum atomic E-state index is -1.96. The van der Waals surface area contributed by atoms with Crippen molar-refractivity contribution in [3.05, 3.63) is 12.2 Å². The van der Waals surface area contributed by atoms with Crippen LogP contribution in [-0.2, 0) is 0 Å². The molecule has 1 heteroatoms. The van der Waals surface area contributed by atoms with Crippen molar-refractivity contribution in [1.29, 1.82) is 0 Å². The fourth-order valence-corrected chi connectivity index (χ4v) is 0.292. The van der Waals surface area contributed by atoms with Gasteiger partial charge in [-0.25, -0.2) is 0 Å². The summed E-state index contributed by atoms with van der Waals surface area (Å²) in [6.07, 6.45) is 4.02. The van der Waals surface area contributed by atoms with Gasteiger partial charge in [0.05, 0.1) is 0 Å². The first-order valence-electron chi connectivity index (χ1n) is 3.85. The Balaban J connectivity index is 3.37. The third kappa shape index (κ3) is 5.70. The lowest BCUT2D eigenvalue weighted by molar-refractivity contribution is 0.289. The zero-order valence-electron chi connectivity index (χ0n) is 7.22. The number of hydrogen-bond acceptors (Lipinski definition) is 1. The Morgan fingerprint density at radius 2 is 2.71 bits per heavy atom. The molecule has 0 atom stereocenters. The molecule has 7 heavy (non-hydrogen) atoms. The van der Waals surface area contributed by atoms with Crippen molar-refractivity contribution in [1.82, 2.24) is 0 Å².